The number of carboxylic acid groups (broad SMARTS) is 2. The highest BCUT2D eigenvalue weighted by atomic mass is 33.1. The van der Waals surface area contributed by atoms with Gasteiger partial charge in [0.1, 0.15) is 9.81 Å². The molecule has 2 aromatic rings. The van der Waals surface area contributed by atoms with E-state index in [9.17, 15) is 19.8 Å². The van der Waals surface area contributed by atoms with Crippen LogP contribution >= 0.6 is 21.6 Å². The van der Waals surface area contributed by atoms with E-state index >= 15 is 0 Å². The van der Waals surface area contributed by atoms with Crippen LogP contribution < -0.4 is 0 Å². The molecule has 0 unspecified atom stereocenters. The van der Waals surface area contributed by atoms with Crippen molar-refractivity contribution in [3.8, 4) is 0 Å². The Morgan fingerprint density at radius 2 is 1.00 bits per heavy atom. The number of hydrogen-bond donors (Lipinski definition) is 2. The molecule has 0 aliphatic rings. The van der Waals surface area contributed by atoms with E-state index in [0.29, 0.717) is 0 Å². The quantitative estimate of drug-likeness (QED) is 0.556. The molecule has 0 heterocycles. The van der Waals surface area contributed by atoms with Gasteiger partial charge in [-0.25, -0.2) is 9.59 Å². The van der Waals surface area contributed by atoms with Gasteiger partial charge >= 0.3 is 11.9 Å². The third-order valence-corrected chi connectivity index (χ3v) is 5.19. The van der Waals surface area contributed by atoms with Crippen molar-refractivity contribution in [2.24, 2.45) is 0 Å². The maximum atomic E-state index is 11.4. The molecule has 2 N–H and O–H groups in total. The average Bonchev–Trinajstić information content (AvgIpc) is 2.58. The fourth-order valence-electron chi connectivity index (χ4n) is 1.73. The van der Waals surface area contributed by atoms with Crippen molar-refractivity contribution >= 4 is 45.7 Å². The Labute approximate surface area is 147 Å². The second kappa shape index (κ2) is 9.00. The molecule has 0 saturated heterocycles. The summed E-state index contributed by atoms with van der Waals surface area (Å²) in [5, 5.41) is 18.6. The molecule has 0 fully saturated rings. The van der Waals surface area contributed by atoms with Crippen molar-refractivity contribution in [1.29, 1.82) is 0 Å². The molecule has 0 aromatic heterocycles. The molecule has 2 rings (SSSR count). The number of aliphatic carboxylic acids is 2. The van der Waals surface area contributed by atoms with Gasteiger partial charge in [0, 0.05) is 0 Å². The molecule has 0 radical (unpaired) electrons. The van der Waals surface area contributed by atoms with E-state index in [0.717, 1.165) is 32.7 Å². The van der Waals surface area contributed by atoms with E-state index in [1.165, 1.54) is 12.2 Å². The summed E-state index contributed by atoms with van der Waals surface area (Å²) in [7, 11) is 1.82. The Morgan fingerprint density at radius 3 is 1.29 bits per heavy atom. The SMILES string of the molecule is O=C(O)/C(=C/c1ccccc1)SS/C(=C\c1ccccc1)C(=O)O. The summed E-state index contributed by atoms with van der Waals surface area (Å²) in [5.41, 5.74) is 1.49. The Bertz CT molecular complexity index is 701. The maximum Gasteiger partial charge on any atom is 0.343 e. The van der Waals surface area contributed by atoms with Crippen molar-refractivity contribution in [3.63, 3.8) is 0 Å². The van der Waals surface area contributed by atoms with Gasteiger partial charge in [-0.2, -0.15) is 0 Å². The standard InChI is InChI=1S/C18H14O4S2/c19-17(20)15(11-13-7-3-1-4-8-13)23-24-16(18(21)22)12-14-9-5-2-6-10-14/h1-12H,(H,19,20)(H,21,22)/b15-11-,16-12-. The molecule has 0 bridgehead atoms. The zero-order valence-corrected chi connectivity index (χ0v) is 14.1. The van der Waals surface area contributed by atoms with Gasteiger partial charge in [0.25, 0.3) is 0 Å². The molecule has 6 heteroatoms. The first kappa shape index (κ1) is 17.9. The van der Waals surface area contributed by atoms with Crippen LogP contribution in [0.1, 0.15) is 11.1 Å². The predicted octanol–water partition coefficient (Wildman–Crippen LogP) is 4.62. The van der Waals surface area contributed by atoms with Gasteiger partial charge in [-0.05, 0) is 44.9 Å². The fourth-order valence-corrected chi connectivity index (χ4v) is 3.68. The van der Waals surface area contributed by atoms with Crippen LogP contribution in [-0.4, -0.2) is 22.2 Å². The summed E-state index contributed by atoms with van der Waals surface area (Å²) >= 11 is 0. The second-order valence-corrected chi connectivity index (χ2v) is 6.83. The van der Waals surface area contributed by atoms with Crippen molar-refractivity contribution < 1.29 is 19.8 Å². The molecular formula is C18H14O4S2. The number of benzene rings is 2. The summed E-state index contributed by atoms with van der Waals surface area (Å²) in [5.74, 6) is -2.19. The monoisotopic (exact) mass is 358 g/mol. The topological polar surface area (TPSA) is 74.6 Å². The van der Waals surface area contributed by atoms with Crippen molar-refractivity contribution in [1.82, 2.24) is 0 Å². The molecule has 0 saturated carbocycles. The molecule has 122 valence electrons. The van der Waals surface area contributed by atoms with E-state index < -0.39 is 11.9 Å². The normalized spacial score (nSPS) is 12.0. The van der Waals surface area contributed by atoms with Crippen LogP contribution in [-0.2, 0) is 9.59 Å². The Balaban J connectivity index is 2.17. The Morgan fingerprint density at radius 1 is 0.667 bits per heavy atom. The van der Waals surface area contributed by atoms with E-state index in [-0.39, 0.29) is 9.81 Å². The van der Waals surface area contributed by atoms with E-state index in [1.807, 2.05) is 12.1 Å². The summed E-state index contributed by atoms with van der Waals surface area (Å²) in [4.78, 5) is 22.9. The second-order valence-electron chi connectivity index (χ2n) is 4.62. The van der Waals surface area contributed by atoms with E-state index in [4.69, 9.17) is 0 Å². The zero-order valence-electron chi connectivity index (χ0n) is 12.5. The summed E-state index contributed by atoms with van der Waals surface area (Å²) < 4.78 is 0. The highest BCUT2D eigenvalue weighted by molar-refractivity contribution is 8.80. The van der Waals surface area contributed by atoms with Gasteiger partial charge in [0.2, 0.25) is 0 Å². The minimum absolute atomic E-state index is 0.0615. The minimum atomic E-state index is -1.10. The van der Waals surface area contributed by atoms with Crippen molar-refractivity contribution in [2.45, 2.75) is 0 Å². The summed E-state index contributed by atoms with van der Waals surface area (Å²) in [6.07, 6.45) is 3.03. The summed E-state index contributed by atoms with van der Waals surface area (Å²) in [6.45, 7) is 0. The molecular weight excluding hydrogens is 344 g/mol. The van der Waals surface area contributed by atoms with Crippen LogP contribution in [0.15, 0.2) is 70.5 Å². The predicted molar refractivity (Wildman–Crippen MR) is 99.3 cm³/mol. The first-order chi connectivity index (χ1) is 11.6. The van der Waals surface area contributed by atoms with Crippen LogP contribution in [0, 0.1) is 0 Å². The lowest BCUT2D eigenvalue weighted by Crippen LogP contribution is -1.98. The van der Waals surface area contributed by atoms with Crippen LogP contribution in [0.5, 0.6) is 0 Å². The molecule has 4 nitrogen and oxygen atoms in total. The smallest absolute Gasteiger partial charge is 0.343 e. The molecule has 0 aliphatic carbocycles. The molecule has 0 atom stereocenters. The number of hydrogen-bond acceptors (Lipinski definition) is 4. The van der Waals surface area contributed by atoms with Crippen LogP contribution in [0.2, 0.25) is 0 Å². The number of carboxylic acids is 2. The maximum absolute atomic E-state index is 11.4. The van der Waals surface area contributed by atoms with E-state index in [2.05, 4.69) is 0 Å². The first-order valence-corrected chi connectivity index (χ1v) is 9.06. The molecule has 2 aromatic carbocycles. The highest BCUT2D eigenvalue weighted by Gasteiger charge is 2.14. The lowest BCUT2D eigenvalue weighted by atomic mass is 10.2. The average molecular weight is 358 g/mol. The Hall–Kier alpha value is -2.44. The third-order valence-electron chi connectivity index (χ3n) is 2.84. The molecule has 0 spiro atoms. The van der Waals surface area contributed by atoms with Gasteiger partial charge in [0.05, 0.1) is 0 Å². The van der Waals surface area contributed by atoms with Crippen LogP contribution in [0.3, 0.4) is 0 Å². The van der Waals surface area contributed by atoms with Gasteiger partial charge in [-0.1, -0.05) is 60.7 Å². The van der Waals surface area contributed by atoms with Crippen molar-refractivity contribution in [2.75, 3.05) is 0 Å². The minimum Gasteiger partial charge on any atom is -0.477 e. The first-order valence-electron chi connectivity index (χ1n) is 6.91. The Kier molecular flexibility index (Phi) is 6.72. The van der Waals surface area contributed by atoms with Crippen LogP contribution in [0.25, 0.3) is 12.2 Å². The van der Waals surface area contributed by atoms with Crippen molar-refractivity contribution in [3.05, 3.63) is 81.6 Å². The number of rotatable bonds is 7. The van der Waals surface area contributed by atoms with Crippen LogP contribution in [0.4, 0.5) is 0 Å². The fraction of sp³-hybridized carbons (Fsp3) is 0. The van der Waals surface area contributed by atoms with E-state index in [1.54, 1.807) is 48.5 Å². The summed E-state index contributed by atoms with van der Waals surface area (Å²) in [6, 6.07) is 18.0. The lowest BCUT2D eigenvalue weighted by Gasteiger charge is -2.04. The third kappa shape index (κ3) is 5.64. The van der Waals surface area contributed by atoms with Gasteiger partial charge in [0.15, 0.2) is 0 Å². The number of carbonyl (C=O) groups is 2. The largest absolute Gasteiger partial charge is 0.477 e. The zero-order chi connectivity index (χ0) is 17.4. The lowest BCUT2D eigenvalue weighted by molar-refractivity contribution is -0.132. The molecule has 0 aliphatic heterocycles. The van der Waals surface area contributed by atoms with Gasteiger partial charge in [-0.15, -0.1) is 0 Å². The molecule has 24 heavy (non-hydrogen) atoms. The van der Waals surface area contributed by atoms with Gasteiger partial charge in [-0.3, -0.25) is 0 Å². The molecule has 0 amide bonds. The highest BCUT2D eigenvalue weighted by Crippen LogP contribution is 2.38. The van der Waals surface area contributed by atoms with Gasteiger partial charge < -0.3 is 10.2 Å².